The number of allylic oxidation sites excluding steroid dienone is 2. The minimum atomic E-state index is -3.74. The highest BCUT2D eigenvalue weighted by atomic mass is 32.2. The molecule has 0 fully saturated rings. The van der Waals surface area contributed by atoms with Crippen LogP contribution in [0.25, 0.3) is 0 Å². The van der Waals surface area contributed by atoms with Crippen molar-refractivity contribution in [3.8, 4) is 11.5 Å². The van der Waals surface area contributed by atoms with Gasteiger partial charge in [0, 0.05) is 17.3 Å². The van der Waals surface area contributed by atoms with Crippen molar-refractivity contribution in [1.82, 2.24) is 0 Å². The molecule has 1 heterocycles. The average molecular weight is 505 g/mol. The van der Waals surface area contributed by atoms with E-state index >= 15 is 0 Å². The van der Waals surface area contributed by atoms with Gasteiger partial charge >= 0.3 is 0 Å². The Morgan fingerprint density at radius 3 is 2.42 bits per heavy atom. The topological polar surface area (TPSA) is 76.7 Å². The van der Waals surface area contributed by atoms with E-state index in [4.69, 9.17) is 9.47 Å². The zero-order chi connectivity index (χ0) is 25.3. The summed E-state index contributed by atoms with van der Waals surface area (Å²) in [6.07, 6.45) is 5.49. The quantitative estimate of drug-likeness (QED) is 0.343. The lowest BCUT2D eigenvalue weighted by Crippen LogP contribution is -2.29. The molecule has 2 aliphatic rings. The Morgan fingerprint density at radius 2 is 1.72 bits per heavy atom. The van der Waals surface area contributed by atoms with E-state index in [2.05, 4.69) is 34.3 Å². The van der Waals surface area contributed by atoms with Crippen LogP contribution in [0.4, 0.5) is 11.4 Å². The van der Waals surface area contributed by atoms with Crippen LogP contribution in [0.2, 0.25) is 0 Å². The Balaban J connectivity index is 1.39. The highest BCUT2D eigenvalue weighted by Gasteiger charge is 2.38. The van der Waals surface area contributed by atoms with Gasteiger partial charge in [0.1, 0.15) is 11.5 Å². The molecule has 1 aliphatic carbocycles. The fourth-order valence-electron chi connectivity index (χ4n) is 5.10. The molecule has 188 valence electrons. The molecule has 0 aromatic heterocycles. The summed E-state index contributed by atoms with van der Waals surface area (Å²) >= 11 is 0. The van der Waals surface area contributed by atoms with Gasteiger partial charge in [-0.3, -0.25) is 4.72 Å². The van der Waals surface area contributed by atoms with Gasteiger partial charge in [-0.25, -0.2) is 8.42 Å². The number of nitrogens with one attached hydrogen (secondary N) is 2. The summed E-state index contributed by atoms with van der Waals surface area (Å²) in [4.78, 5) is 0.254. The number of benzene rings is 3. The molecule has 0 amide bonds. The zero-order valence-corrected chi connectivity index (χ0v) is 21.6. The highest BCUT2D eigenvalue weighted by molar-refractivity contribution is 7.92. The van der Waals surface area contributed by atoms with Crippen LogP contribution in [0, 0.1) is 5.92 Å². The number of ether oxygens (including phenoxy) is 2. The van der Waals surface area contributed by atoms with E-state index < -0.39 is 10.0 Å². The van der Waals surface area contributed by atoms with Crippen molar-refractivity contribution in [2.24, 2.45) is 5.92 Å². The van der Waals surface area contributed by atoms with Crippen LogP contribution in [-0.2, 0) is 10.0 Å². The van der Waals surface area contributed by atoms with Crippen LogP contribution >= 0.6 is 0 Å². The lowest BCUT2D eigenvalue weighted by molar-refractivity contribution is 0.242. The minimum Gasteiger partial charge on any atom is -0.494 e. The summed E-state index contributed by atoms with van der Waals surface area (Å²) in [6, 6.07) is 20.7. The normalized spacial score (nSPS) is 20.4. The number of anilines is 2. The van der Waals surface area contributed by atoms with E-state index in [0.29, 0.717) is 24.0 Å². The maximum Gasteiger partial charge on any atom is 0.261 e. The number of rotatable bonds is 8. The van der Waals surface area contributed by atoms with Crippen LogP contribution < -0.4 is 19.5 Å². The Bertz CT molecular complexity index is 1350. The Kier molecular flexibility index (Phi) is 6.67. The third-order valence-corrected chi connectivity index (χ3v) is 8.05. The summed E-state index contributed by atoms with van der Waals surface area (Å²) in [6.45, 7) is 6.50. The molecular weight excluding hydrogens is 472 g/mol. The Labute approximate surface area is 213 Å². The van der Waals surface area contributed by atoms with Crippen molar-refractivity contribution in [3.05, 3.63) is 90.0 Å². The first-order valence-electron chi connectivity index (χ1n) is 12.4. The van der Waals surface area contributed by atoms with E-state index in [9.17, 15) is 8.42 Å². The first-order valence-corrected chi connectivity index (χ1v) is 13.9. The van der Waals surface area contributed by atoms with Gasteiger partial charge in [0.05, 0.1) is 23.6 Å². The standard InChI is InChI=1S/C29H32N2O4S/c1-4-34-22-14-10-21(11-15-22)31-36(32,33)24-16-17-28-27(18-24)25-6-5-7-26(25)29(30-28)20-8-12-23(13-9-20)35-19(2)3/h5-6,8-19,25-26,29-31H,4,7H2,1-3H3/t25-,26+,29+/m0/s1. The summed E-state index contributed by atoms with van der Waals surface area (Å²) in [7, 11) is -3.74. The molecule has 1 aliphatic heterocycles. The fourth-order valence-corrected chi connectivity index (χ4v) is 6.19. The molecule has 5 rings (SSSR count). The second-order valence-corrected chi connectivity index (χ2v) is 11.2. The summed E-state index contributed by atoms with van der Waals surface area (Å²) < 4.78 is 40.3. The predicted octanol–water partition coefficient (Wildman–Crippen LogP) is 6.50. The molecule has 0 saturated carbocycles. The van der Waals surface area contributed by atoms with Gasteiger partial charge in [0.25, 0.3) is 10.0 Å². The number of fused-ring (bicyclic) bond motifs is 3. The largest absolute Gasteiger partial charge is 0.494 e. The fraction of sp³-hybridized carbons (Fsp3) is 0.310. The van der Waals surface area contributed by atoms with Crippen molar-refractivity contribution in [3.63, 3.8) is 0 Å². The van der Waals surface area contributed by atoms with E-state index in [1.165, 1.54) is 5.56 Å². The molecule has 6 nitrogen and oxygen atoms in total. The van der Waals surface area contributed by atoms with Crippen LogP contribution in [0.15, 0.2) is 83.8 Å². The van der Waals surface area contributed by atoms with Crippen molar-refractivity contribution < 1.29 is 17.9 Å². The van der Waals surface area contributed by atoms with Crippen LogP contribution in [0.1, 0.15) is 50.3 Å². The maximum atomic E-state index is 13.2. The van der Waals surface area contributed by atoms with Crippen molar-refractivity contribution in [1.29, 1.82) is 0 Å². The van der Waals surface area contributed by atoms with Gasteiger partial charge in [-0.15, -0.1) is 0 Å². The molecule has 2 N–H and O–H groups in total. The molecule has 0 bridgehead atoms. The van der Waals surface area contributed by atoms with Crippen molar-refractivity contribution >= 4 is 21.4 Å². The zero-order valence-electron chi connectivity index (χ0n) is 20.8. The maximum absolute atomic E-state index is 13.2. The average Bonchev–Trinajstić information content (AvgIpc) is 3.35. The van der Waals surface area contributed by atoms with Crippen LogP contribution in [0.5, 0.6) is 11.5 Å². The second-order valence-electron chi connectivity index (χ2n) is 9.52. The lowest BCUT2D eigenvalue weighted by atomic mass is 9.77. The molecule has 3 aromatic carbocycles. The predicted molar refractivity (Wildman–Crippen MR) is 143 cm³/mol. The molecular formula is C29H32N2O4S. The van der Waals surface area contributed by atoms with Gasteiger partial charge in [0.15, 0.2) is 0 Å². The van der Waals surface area contributed by atoms with E-state index in [1.807, 2.05) is 45.0 Å². The summed E-state index contributed by atoms with van der Waals surface area (Å²) in [5.74, 6) is 2.03. The highest BCUT2D eigenvalue weighted by Crippen LogP contribution is 2.50. The van der Waals surface area contributed by atoms with Crippen molar-refractivity contribution in [2.75, 3.05) is 16.6 Å². The Morgan fingerprint density at radius 1 is 1.00 bits per heavy atom. The first kappa shape index (κ1) is 24.3. The SMILES string of the molecule is CCOc1ccc(NS(=O)(=O)c2ccc3c(c2)[C@H]2C=CC[C@H]2[C@@H](c2ccc(OC(C)C)cc2)N3)cc1. The summed E-state index contributed by atoms with van der Waals surface area (Å²) in [5, 5.41) is 3.68. The molecule has 7 heteroatoms. The van der Waals surface area contributed by atoms with Crippen LogP contribution in [-0.4, -0.2) is 21.1 Å². The first-order chi connectivity index (χ1) is 17.3. The van der Waals surface area contributed by atoms with E-state index in [1.54, 1.807) is 30.3 Å². The van der Waals surface area contributed by atoms with E-state index in [-0.39, 0.29) is 23.0 Å². The second kappa shape index (κ2) is 9.90. The molecule has 3 aromatic rings. The van der Waals surface area contributed by atoms with Gasteiger partial charge in [-0.1, -0.05) is 24.3 Å². The third-order valence-electron chi connectivity index (χ3n) is 6.67. The molecule has 3 atom stereocenters. The van der Waals surface area contributed by atoms with Gasteiger partial charge < -0.3 is 14.8 Å². The molecule has 0 radical (unpaired) electrons. The lowest BCUT2D eigenvalue weighted by Gasteiger charge is -2.37. The van der Waals surface area contributed by atoms with E-state index in [0.717, 1.165) is 23.4 Å². The molecule has 0 saturated heterocycles. The number of hydrogen-bond donors (Lipinski definition) is 2. The molecule has 36 heavy (non-hydrogen) atoms. The Hall–Kier alpha value is -3.45. The third kappa shape index (κ3) is 4.93. The van der Waals surface area contributed by atoms with Crippen molar-refractivity contribution in [2.45, 2.75) is 50.2 Å². The van der Waals surface area contributed by atoms with Gasteiger partial charge in [-0.2, -0.15) is 0 Å². The number of sulfonamides is 1. The molecule has 0 spiro atoms. The van der Waals surface area contributed by atoms with Gasteiger partial charge in [0.2, 0.25) is 0 Å². The molecule has 0 unspecified atom stereocenters. The van der Waals surface area contributed by atoms with Crippen LogP contribution in [0.3, 0.4) is 0 Å². The number of hydrogen-bond acceptors (Lipinski definition) is 5. The monoisotopic (exact) mass is 504 g/mol. The minimum absolute atomic E-state index is 0.133. The van der Waals surface area contributed by atoms with Gasteiger partial charge in [-0.05, 0) is 98.8 Å². The smallest absolute Gasteiger partial charge is 0.261 e. The summed E-state index contributed by atoms with van der Waals surface area (Å²) in [5.41, 5.74) is 3.68.